The molecule has 3 aromatic rings. The molecule has 1 amide bonds. The van der Waals surface area contributed by atoms with Crippen LogP contribution in [-0.2, 0) is 4.79 Å². The van der Waals surface area contributed by atoms with Crippen molar-refractivity contribution < 1.29 is 9.53 Å². The van der Waals surface area contributed by atoms with Crippen LogP contribution >= 0.6 is 11.8 Å². The average molecular weight is 332 g/mol. The third-order valence-electron chi connectivity index (χ3n) is 3.55. The van der Waals surface area contributed by atoms with E-state index >= 15 is 0 Å². The number of aromatic nitrogens is 1. The van der Waals surface area contributed by atoms with E-state index in [1.54, 1.807) is 11.7 Å². The first kappa shape index (κ1) is 14.7. The number of aliphatic imine (C=N–C) groups is 1. The van der Waals surface area contributed by atoms with E-state index in [-0.39, 0.29) is 5.91 Å². The summed E-state index contributed by atoms with van der Waals surface area (Å²) in [7, 11) is 0. The second kappa shape index (κ2) is 6.29. The first-order valence-corrected chi connectivity index (χ1v) is 8.24. The molecule has 0 unspecified atom stereocenters. The summed E-state index contributed by atoms with van der Waals surface area (Å²) in [4.78, 5) is 20.4. The van der Waals surface area contributed by atoms with Gasteiger partial charge in [-0.1, -0.05) is 36.0 Å². The molecule has 0 atom stereocenters. The third-order valence-corrected chi connectivity index (χ3v) is 4.31. The van der Waals surface area contributed by atoms with Crippen LogP contribution in [-0.4, -0.2) is 16.4 Å². The molecule has 4 rings (SSSR count). The summed E-state index contributed by atoms with van der Waals surface area (Å²) in [6.07, 6.45) is 3.56. The Morgan fingerprint density at radius 1 is 1.04 bits per heavy atom. The number of nitrogens with zero attached hydrogens (tertiary/aromatic N) is 2. The summed E-state index contributed by atoms with van der Waals surface area (Å²) in [6.45, 7) is 0. The first-order chi connectivity index (χ1) is 11.8. The molecule has 24 heavy (non-hydrogen) atoms. The number of hydrogen-bond donors (Lipinski definition) is 0. The van der Waals surface area contributed by atoms with Gasteiger partial charge in [0.25, 0.3) is 5.91 Å². The van der Waals surface area contributed by atoms with Crippen molar-refractivity contribution in [3.05, 3.63) is 71.3 Å². The standard InChI is InChI=1S/C19H12N2O2S/c22-19-18(24-12-21-19)11-13-6-7-16-15(10-13)17(8-9-20-16)23-14-4-2-1-3-5-14/h1-12H/b18-11-. The second-order valence-electron chi connectivity index (χ2n) is 5.17. The number of thioether (sulfide) groups is 1. The fourth-order valence-corrected chi connectivity index (χ4v) is 3.04. The number of ether oxygens (including phenoxy) is 1. The highest BCUT2D eigenvalue weighted by Gasteiger charge is 2.14. The monoisotopic (exact) mass is 332 g/mol. The first-order valence-electron chi connectivity index (χ1n) is 7.36. The third kappa shape index (κ3) is 2.94. The summed E-state index contributed by atoms with van der Waals surface area (Å²) >= 11 is 1.33. The molecule has 116 valence electrons. The molecular weight excluding hydrogens is 320 g/mol. The Hall–Kier alpha value is -2.92. The number of fused-ring (bicyclic) bond motifs is 1. The van der Waals surface area contributed by atoms with Gasteiger partial charge in [-0.3, -0.25) is 9.78 Å². The molecule has 0 radical (unpaired) electrons. The highest BCUT2D eigenvalue weighted by Crippen LogP contribution is 2.31. The van der Waals surface area contributed by atoms with Crippen LogP contribution in [0.2, 0.25) is 0 Å². The van der Waals surface area contributed by atoms with Crippen molar-refractivity contribution in [2.24, 2.45) is 4.99 Å². The van der Waals surface area contributed by atoms with Crippen molar-refractivity contribution >= 4 is 40.2 Å². The summed E-state index contributed by atoms with van der Waals surface area (Å²) in [6, 6.07) is 17.3. The van der Waals surface area contributed by atoms with E-state index in [1.807, 2.05) is 60.7 Å². The zero-order valence-electron chi connectivity index (χ0n) is 12.5. The van der Waals surface area contributed by atoms with Gasteiger partial charge in [0.2, 0.25) is 0 Å². The Balaban J connectivity index is 1.75. The minimum absolute atomic E-state index is 0.202. The Kier molecular flexibility index (Phi) is 3.84. The number of rotatable bonds is 3. The second-order valence-corrected chi connectivity index (χ2v) is 6.05. The van der Waals surface area contributed by atoms with Gasteiger partial charge in [0.05, 0.1) is 16.0 Å². The van der Waals surface area contributed by atoms with Gasteiger partial charge in [-0.25, -0.2) is 4.99 Å². The minimum Gasteiger partial charge on any atom is -0.457 e. The number of carbonyl (C=O) groups is 1. The Bertz CT molecular complexity index is 981. The quantitative estimate of drug-likeness (QED) is 0.654. The molecule has 2 heterocycles. The molecule has 1 aliphatic heterocycles. The van der Waals surface area contributed by atoms with Gasteiger partial charge in [0, 0.05) is 11.6 Å². The van der Waals surface area contributed by atoms with E-state index < -0.39 is 0 Å². The lowest BCUT2D eigenvalue weighted by Crippen LogP contribution is -1.90. The predicted octanol–water partition coefficient (Wildman–Crippen LogP) is 4.67. The van der Waals surface area contributed by atoms with Crippen LogP contribution in [0, 0.1) is 0 Å². The summed E-state index contributed by atoms with van der Waals surface area (Å²) in [5.41, 5.74) is 3.31. The zero-order chi connectivity index (χ0) is 16.4. The van der Waals surface area contributed by atoms with Crippen LogP contribution in [0.5, 0.6) is 11.5 Å². The molecule has 0 spiro atoms. The van der Waals surface area contributed by atoms with Gasteiger partial charge in [-0.15, -0.1) is 0 Å². The van der Waals surface area contributed by atoms with E-state index in [9.17, 15) is 4.79 Å². The van der Waals surface area contributed by atoms with Crippen molar-refractivity contribution in [2.45, 2.75) is 0 Å². The predicted molar refractivity (Wildman–Crippen MR) is 97.3 cm³/mol. The number of amides is 1. The summed E-state index contributed by atoms with van der Waals surface area (Å²) in [5, 5.41) is 0.895. The smallest absolute Gasteiger partial charge is 0.284 e. The van der Waals surface area contributed by atoms with Crippen molar-refractivity contribution in [3.63, 3.8) is 0 Å². The SMILES string of the molecule is O=C1N=CS/C1=C\c1ccc2nccc(Oc3ccccc3)c2c1. The maximum absolute atomic E-state index is 11.6. The van der Waals surface area contributed by atoms with Crippen molar-refractivity contribution in [1.29, 1.82) is 0 Å². The lowest BCUT2D eigenvalue weighted by Gasteiger charge is -2.09. The Labute approximate surface area is 142 Å². The Morgan fingerprint density at radius 3 is 2.71 bits per heavy atom. The number of carbonyl (C=O) groups excluding carboxylic acids is 1. The van der Waals surface area contributed by atoms with E-state index in [0.717, 1.165) is 28.0 Å². The van der Waals surface area contributed by atoms with Crippen LogP contribution < -0.4 is 4.74 Å². The molecule has 2 aromatic carbocycles. The largest absolute Gasteiger partial charge is 0.457 e. The van der Waals surface area contributed by atoms with E-state index in [1.165, 1.54) is 11.8 Å². The van der Waals surface area contributed by atoms with E-state index in [0.29, 0.717) is 4.91 Å². The van der Waals surface area contributed by atoms with E-state index in [2.05, 4.69) is 9.98 Å². The fourth-order valence-electron chi connectivity index (χ4n) is 2.43. The topological polar surface area (TPSA) is 51.5 Å². The summed E-state index contributed by atoms with van der Waals surface area (Å²) in [5.74, 6) is 1.30. The summed E-state index contributed by atoms with van der Waals surface area (Å²) < 4.78 is 5.98. The number of pyridine rings is 1. The van der Waals surface area contributed by atoms with Crippen molar-refractivity contribution in [3.8, 4) is 11.5 Å². The van der Waals surface area contributed by atoms with Gasteiger partial charge in [0.1, 0.15) is 11.5 Å². The Morgan fingerprint density at radius 2 is 1.92 bits per heavy atom. The normalized spacial score (nSPS) is 15.3. The molecule has 5 heteroatoms. The van der Waals surface area contributed by atoms with Crippen LogP contribution in [0.4, 0.5) is 0 Å². The molecule has 0 fully saturated rings. The fraction of sp³-hybridized carbons (Fsp3) is 0. The molecule has 0 saturated carbocycles. The molecule has 0 N–H and O–H groups in total. The van der Waals surface area contributed by atoms with Crippen LogP contribution in [0.15, 0.2) is 70.7 Å². The van der Waals surface area contributed by atoms with Crippen molar-refractivity contribution in [2.75, 3.05) is 0 Å². The maximum atomic E-state index is 11.6. The number of benzene rings is 2. The van der Waals surface area contributed by atoms with Crippen LogP contribution in [0.1, 0.15) is 5.56 Å². The number of hydrogen-bond acceptors (Lipinski definition) is 4. The van der Waals surface area contributed by atoms with Crippen molar-refractivity contribution in [1.82, 2.24) is 4.98 Å². The zero-order valence-corrected chi connectivity index (χ0v) is 13.4. The van der Waals surface area contributed by atoms with Gasteiger partial charge < -0.3 is 4.74 Å². The molecule has 0 bridgehead atoms. The van der Waals surface area contributed by atoms with Gasteiger partial charge >= 0.3 is 0 Å². The van der Waals surface area contributed by atoms with Crippen LogP contribution in [0.25, 0.3) is 17.0 Å². The average Bonchev–Trinajstić information content (AvgIpc) is 3.01. The maximum Gasteiger partial charge on any atom is 0.284 e. The number of para-hydroxylation sites is 1. The van der Waals surface area contributed by atoms with Crippen LogP contribution in [0.3, 0.4) is 0 Å². The van der Waals surface area contributed by atoms with Gasteiger partial charge in [0.15, 0.2) is 0 Å². The molecule has 0 saturated heterocycles. The van der Waals surface area contributed by atoms with E-state index in [4.69, 9.17) is 4.74 Å². The molecule has 0 aliphatic carbocycles. The molecule has 1 aromatic heterocycles. The van der Waals surface area contributed by atoms with Gasteiger partial charge in [-0.05, 0) is 42.0 Å². The minimum atomic E-state index is -0.202. The van der Waals surface area contributed by atoms with Gasteiger partial charge in [-0.2, -0.15) is 0 Å². The molecule has 1 aliphatic rings. The lowest BCUT2D eigenvalue weighted by atomic mass is 10.1. The lowest BCUT2D eigenvalue weighted by molar-refractivity contribution is -0.113. The highest BCUT2D eigenvalue weighted by molar-refractivity contribution is 8.16. The molecular formula is C19H12N2O2S. The highest BCUT2D eigenvalue weighted by atomic mass is 32.2. The molecule has 4 nitrogen and oxygen atoms in total.